The van der Waals surface area contributed by atoms with Gasteiger partial charge in [0.05, 0.1) is 29.4 Å². The molecule has 1 aromatic rings. The number of hydrogen-bond donors (Lipinski definition) is 2. The van der Waals surface area contributed by atoms with Crippen LogP contribution in [0.25, 0.3) is 0 Å². The minimum Gasteiger partial charge on any atom is -0.324 e. The van der Waals surface area contributed by atoms with Crippen LogP contribution in [0.2, 0.25) is 5.02 Å². The lowest BCUT2D eigenvalue weighted by atomic mass is 10.2. The van der Waals surface area contributed by atoms with Crippen molar-refractivity contribution in [3.63, 3.8) is 0 Å². The number of amides is 1. The highest BCUT2D eigenvalue weighted by atomic mass is 35.5. The smallest absolute Gasteiger partial charge is 0.324 e. The molecule has 1 rings (SSSR count). The van der Waals surface area contributed by atoms with Crippen molar-refractivity contribution in [3.8, 4) is 12.3 Å². The lowest BCUT2D eigenvalue weighted by Gasteiger charge is -2.11. The summed E-state index contributed by atoms with van der Waals surface area (Å²) >= 11 is 5.67. The zero-order valence-electron chi connectivity index (χ0n) is 9.64. The molecule has 1 amide bonds. The van der Waals surface area contributed by atoms with Crippen LogP contribution in [-0.4, -0.2) is 19.0 Å². The van der Waals surface area contributed by atoms with E-state index in [4.69, 9.17) is 18.0 Å². The first-order valence-corrected chi connectivity index (χ1v) is 5.53. The van der Waals surface area contributed by atoms with E-state index in [1.54, 1.807) is 0 Å². The van der Waals surface area contributed by atoms with Gasteiger partial charge in [0, 0.05) is 0 Å². The maximum atomic E-state index is 12.4. The molecule has 0 saturated carbocycles. The Kier molecular flexibility index (Phi) is 5.21. The summed E-state index contributed by atoms with van der Waals surface area (Å²) in [7, 11) is 0. The number of hydrogen-bond acceptors (Lipinski definition) is 2. The summed E-state index contributed by atoms with van der Waals surface area (Å²) in [4.78, 5) is 11.4. The lowest BCUT2D eigenvalue weighted by Crippen LogP contribution is -2.28. The van der Waals surface area contributed by atoms with E-state index < -0.39 is 17.6 Å². The number of halogens is 4. The van der Waals surface area contributed by atoms with E-state index >= 15 is 0 Å². The second-order valence-corrected chi connectivity index (χ2v) is 3.96. The quantitative estimate of drug-likeness (QED) is 0.661. The molecule has 0 aliphatic heterocycles. The van der Waals surface area contributed by atoms with Crippen LogP contribution in [0.5, 0.6) is 0 Å². The fourth-order valence-electron chi connectivity index (χ4n) is 1.24. The van der Waals surface area contributed by atoms with Gasteiger partial charge >= 0.3 is 6.18 Å². The van der Waals surface area contributed by atoms with E-state index in [1.165, 1.54) is 0 Å². The highest BCUT2D eigenvalue weighted by Gasteiger charge is 2.30. The van der Waals surface area contributed by atoms with Gasteiger partial charge in [0.25, 0.3) is 0 Å². The Bertz CT molecular complexity index is 509. The lowest BCUT2D eigenvalue weighted by molar-refractivity contribution is -0.137. The third kappa shape index (κ3) is 4.81. The summed E-state index contributed by atoms with van der Waals surface area (Å²) in [6, 6.07) is 2.70. The van der Waals surface area contributed by atoms with Gasteiger partial charge in [-0.3, -0.25) is 10.1 Å². The summed E-state index contributed by atoms with van der Waals surface area (Å²) in [6.45, 7) is 0.162. The number of nitrogens with one attached hydrogen (secondary N) is 2. The van der Waals surface area contributed by atoms with Crippen LogP contribution in [0.3, 0.4) is 0 Å². The Morgan fingerprint density at radius 1 is 1.42 bits per heavy atom. The van der Waals surface area contributed by atoms with E-state index in [9.17, 15) is 18.0 Å². The molecular formula is C12H10ClF3N2O. The van der Waals surface area contributed by atoms with Gasteiger partial charge in [0.15, 0.2) is 0 Å². The fourth-order valence-corrected chi connectivity index (χ4v) is 1.46. The van der Waals surface area contributed by atoms with Crippen molar-refractivity contribution in [2.24, 2.45) is 0 Å². The number of carbonyl (C=O) groups excluding carboxylic acids is 1. The molecule has 2 N–H and O–H groups in total. The number of anilines is 1. The maximum Gasteiger partial charge on any atom is 0.416 e. The molecule has 0 fully saturated rings. The van der Waals surface area contributed by atoms with Crippen molar-refractivity contribution >= 4 is 23.2 Å². The highest BCUT2D eigenvalue weighted by molar-refractivity contribution is 6.33. The first-order chi connectivity index (χ1) is 8.84. The van der Waals surface area contributed by atoms with Crippen LogP contribution < -0.4 is 10.6 Å². The summed E-state index contributed by atoms with van der Waals surface area (Å²) in [5, 5.41) is 4.84. The third-order valence-electron chi connectivity index (χ3n) is 2.08. The zero-order chi connectivity index (χ0) is 14.5. The Hall–Kier alpha value is -1.71. The van der Waals surface area contributed by atoms with Gasteiger partial charge in [-0.25, -0.2) is 0 Å². The molecular weight excluding hydrogens is 281 g/mol. The number of terminal acetylenes is 1. The molecule has 0 bridgehead atoms. The molecule has 0 heterocycles. The van der Waals surface area contributed by atoms with Crippen molar-refractivity contribution in [3.05, 3.63) is 28.8 Å². The SMILES string of the molecule is C#CCNCC(=O)Nc1ccc(C(F)(F)F)cc1Cl. The Morgan fingerprint density at radius 2 is 2.11 bits per heavy atom. The third-order valence-corrected chi connectivity index (χ3v) is 2.40. The molecule has 19 heavy (non-hydrogen) atoms. The molecule has 102 valence electrons. The first-order valence-electron chi connectivity index (χ1n) is 5.15. The van der Waals surface area contributed by atoms with Crippen LogP contribution in [0.1, 0.15) is 5.56 Å². The molecule has 0 aromatic heterocycles. The van der Waals surface area contributed by atoms with Crippen LogP contribution in [0.15, 0.2) is 18.2 Å². The summed E-state index contributed by atoms with van der Waals surface area (Å²) < 4.78 is 37.2. The molecule has 7 heteroatoms. The van der Waals surface area contributed by atoms with Crippen LogP contribution >= 0.6 is 11.6 Å². The normalized spacial score (nSPS) is 10.9. The van der Waals surface area contributed by atoms with Gasteiger partial charge in [-0.1, -0.05) is 17.5 Å². The van der Waals surface area contributed by atoms with E-state index in [-0.39, 0.29) is 23.8 Å². The van der Waals surface area contributed by atoms with E-state index in [0.717, 1.165) is 18.2 Å². The minimum atomic E-state index is -4.47. The maximum absolute atomic E-state index is 12.4. The van der Waals surface area contributed by atoms with Gasteiger partial charge < -0.3 is 5.32 Å². The highest BCUT2D eigenvalue weighted by Crippen LogP contribution is 2.33. The molecule has 0 aliphatic rings. The first kappa shape index (κ1) is 15.3. The van der Waals surface area contributed by atoms with Crippen molar-refractivity contribution in [2.75, 3.05) is 18.4 Å². The average molecular weight is 291 g/mol. The molecule has 0 aliphatic carbocycles. The topological polar surface area (TPSA) is 41.1 Å². The zero-order valence-corrected chi connectivity index (χ0v) is 10.4. The number of alkyl halides is 3. The molecule has 3 nitrogen and oxygen atoms in total. The average Bonchev–Trinajstić information content (AvgIpc) is 2.31. The van der Waals surface area contributed by atoms with Crippen LogP contribution in [0, 0.1) is 12.3 Å². The molecule has 0 atom stereocenters. The van der Waals surface area contributed by atoms with E-state index in [2.05, 4.69) is 16.6 Å². The van der Waals surface area contributed by atoms with Crippen LogP contribution in [0.4, 0.5) is 18.9 Å². The fraction of sp³-hybridized carbons (Fsp3) is 0.250. The second-order valence-electron chi connectivity index (χ2n) is 3.55. The summed E-state index contributed by atoms with van der Waals surface area (Å²) in [5.41, 5.74) is -0.761. The van der Waals surface area contributed by atoms with Gasteiger partial charge in [0.2, 0.25) is 5.91 Å². The summed E-state index contributed by atoms with van der Waals surface area (Å²) in [5.74, 6) is 1.83. The summed E-state index contributed by atoms with van der Waals surface area (Å²) in [6.07, 6.45) is 0.505. The Morgan fingerprint density at radius 3 is 2.63 bits per heavy atom. The van der Waals surface area contributed by atoms with Gasteiger partial charge in [0.1, 0.15) is 0 Å². The molecule has 0 unspecified atom stereocenters. The monoisotopic (exact) mass is 290 g/mol. The minimum absolute atomic E-state index is 0.0540. The molecule has 1 aromatic carbocycles. The van der Waals surface area contributed by atoms with Crippen molar-refractivity contribution < 1.29 is 18.0 Å². The standard InChI is InChI=1S/C12H10ClF3N2O/c1-2-5-17-7-11(19)18-10-4-3-8(6-9(10)13)12(14,15)16/h1,3-4,6,17H,5,7H2,(H,18,19). The van der Waals surface area contributed by atoms with Gasteiger partial charge in [-0.2, -0.15) is 13.2 Å². The predicted octanol–water partition coefficient (Wildman–Crippen LogP) is 2.52. The number of carbonyl (C=O) groups is 1. The number of rotatable bonds is 4. The molecule has 0 saturated heterocycles. The largest absolute Gasteiger partial charge is 0.416 e. The van der Waals surface area contributed by atoms with Gasteiger partial charge in [-0.15, -0.1) is 6.42 Å². The van der Waals surface area contributed by atoms with E-state index in [1.807, 2.05) is 0 Å². The van der Waals surface area contributed by atoms with Crippen molar-refractivity contribution in [2.45, 2.75) is 6.18 Å². The Balaban J connectivity index is 2.71. The van der Waals surface area contributed by atoms with E-state index in [0.29, 0.717) is 0 Å². The van der Waals surface area contributed by atoms with Crippen LogP contribution in [-0.2, 0) is 11.0 Å². The Labute approximate surface area is 113 Å². The second kappa shape index (κ2) is 6.45. The van der Waals surface area contributed by atoms with Crippen molar-refractivity contribution in [1.82, 2.24) is 5.32 Å². The molecule has 0 spiro atoms. The van der Waals surface area contributed by atoms with Gasteiger partial charge in [-0.05, 0) is 18.2 Å². The predicted molar refractivity (Wildman–Crippen MR) is 66.8 cm³/mol. The van der Waals surface area contributed by atoms with Crippen molar-refractivity contribution in [1.29, 1.82) is 0 Å². The molecule has 0 radical (unpaired) electrons. The number of benzene rings is 1.